The third-order valence-corrected chi connectivity index (χ3v) is 5.42. The Morgan fingerprint density at radius 3 is 2.29 bits per heavy atom. The van der Waals surface area contributed by atoms with Crippen LogP contribution >= 0.6 is 0 Å². The molecule has 1 saturated carbocycles. The highest BCUT2D eigenvalue weighted by molar-refractivity contribution is 5.91. The van der Waals surface area contributed by atoms with Gasteiger partial charge in [0.15, 0.2) is 0 Å². The van der Waals surface area contributed by atoms with Gasteiger partial charge in [-0.1, -0.05) is 47.0 Å². The molecule has 1 N–H and O–H groups in total. The third kappa shape index (κ3) is 5.73. The Hall–Kier alpha value is -2.04. The summed E-state index contributed by atoms with van der Waals surface area (Å²) in [6.07, 6.45) is 6.23. The number of carbonyl (C=O) groups is 2. The summed E-state index contributed by atoms with van der Waals surface area (Å²) in [4.78, 5) is 29.3. The van der Waals surface area contributed by atoms with Crippen molar-refractivity contribution in [2.45, 2.75) is 78.8 Å². The molecule has 0 spiro atoms. The average Bonchev–Trinajstić information content (AvgIpc) is 2.65. The normalized spacial score (nSPS) is 15.2. The smallest absolute Gasteiger partial charge is 0.228 e. The number of nitrogens with zero attached hydrogens (tertiary/aromatic N) is 2. The van der Waals surface area contributed by atoms with Crippen molar-refractivity contribution >= 4 is 23.2 Å². The van der Waals surface area contributed by atoms with E-state index >= 15 is 0 Å². The molecule has 5 nitrogen and oxygen atoms in total. The average molecular weight is 388 g/mol. The van der Waals surface area contributed by atoms with Crippen LogP contribution in [0, 0.1) is 5.41 Å². The zero-order valence-corrected chi connectivity index (χ0v) is 18.5. The summed E-state index contributed by atoms with van der Waals surface area (Å²) in [6.45, 7) is 8.41. The van der Waals surface area contributed by atoms with Crippen molar-refractivity contribution in [3.8, 4) is 0 Å². The van der Waals surface area contributed by atoms with Crippen LogP contribution in [-0.4, -0.2) is 36.9 Å². The first kappa shape index (κ1) is 22.3. The SMILES string of the molecule is CCC(=O)Nc1ccc(N(C)C)c(CN(C(=O)C(C)(C)C)C2CCCCC2)c1. The highest BCUT2D eigenvalue weighted by Crippen LogP contribution is 2.31. The van der Waals surface area contributed by atoms with Crippen molar-refractivity contribution in [2.24, 2.45) is 5.41 Å². The van der Waals surface area contributed by atoms with E-state index in [0.29, 0.717) is 19.0 Å². The molecule has 0 unspecified atom stereocenters. The van der Waals surface area contributed by atoms with Gasteiger partial charge < -0.3 is 15.1 Å². The summed E-state index contributed by atoms with van der Waals surface area (Å²) in [5, 5.41) is 2.95. The van der Waals surface area contributed by atoms with Gasteiger partial charge in [-0.2, -0.15) is 0 Å². The summed E-state index contributed by atoms with van der Waals surface area (Å²) >= 11 is 0. The Labute approximate surface area is 170 Å². The van der Waals surface area contributed by atoms with Gasteiger partial charge in [0.2, 0.25) is 11.8 Å². The van der Waals surface area contributed by atoms with E-state index < -0.39 is 5.41 Å². The molecule has 0 bridgehead atoms. The van der Waals surface area contributed by atoms with Gasteiger partial charge in [-0.3, -0.25) is 9.59 Å². The first-order valence-corrected chi connectivity index (χ1v) is 10.5. The molecule has 28 heavy (non-hydrogen) atoms. The minimum absolute atomic E-state index is 0.00143. The minimum atomic E-state index is -0.413. The molecular formula is C23H37N3O2. The second kappa shape index (κ2) is 9.44. The van der Waals surface area contributed by atoms with Crippen molar-refractivity contribution in [1.29, 1.82) is 0 Å². The Kier molecular flexibility index (Phi) is 7.50. The largest absolute Gasteiger partial charge is 0.377 e. The second-order valence-electron chi connectivity index (χ2n) is 9.11. The van der Waals surface area contributed by atoms with Crippen LogP contribution in [0.5, 0.6) is 0 Å². The van der Waals surface area contributed by atoms with E-state index in [2.05, 4.69) is 15.1 Å². The number of benzene rings is 1. The van der Waals surface area contributed by atoms with Crippen molar-refractivity contribution in [2.75, 3.05) is 24.3 Å². The summed E-state index contributed by atoms with van der Waals surface area (Å²) in [5.41, 5.74) is 2.53. The van der Waals surface area contributed by atoms with E-state index in [-0.39, 0.29) is 11.8 Å². The highest BCUT2D eigenvalue weighted by atomic mass is 16.2. The van der Waals surface area contributed by atoms with Gasteiger partial charge in [-0.25, -0.2) is 0 Å². The zero-order chi connectivity index (χ0) is 20.9. The molecule has 0 atom stereocenters. The molecule has 2 rings (SSSR count). The molecule has 0 heterocycles. The molecule has 0 aliphatic heterocycles. The molecule has 1 aliphatic rings. The number of carbonyl (C=O) groups excluding carboxylic acids is 2. The molecule has 0 radical (unpaired) electrons. The fraction of sp³-hybridized carbons (Fsp3) is 0.652. The van der Waals surface area contributed by atoms with Gasteiger partial charge in [0, 0.05) is 49.9 Å². The van der Waals surface area contributed by atoms with Crippen molar-refractivity contribution < 1.29 is 9.59 Å². The molecule has 5 heteroatoms. The minimum Gasteiger partial charge on any atom is -0.377 e. The van der Waals surface area contributed by atoms with Gasteiger partial charge in [0.25, 0.3) is 0 Å². The molecule has 1 aromatic carbocycles. The number of hydrogen-bond donors (Lipinski definition) is 1. The number of rotatable bonds is 6. The molecule has 2 amide bonds. The predicted molar refractivity (Wildman–Crippen MR) is 117 cm³/mol. The topological polar surface area (TPSA) is 52.7 Å². The van der Waals surface area contributed by atoms with E-state index in [9.17, 15) is 9.59 Å². The molecular weight excluding hydrogens is 350 g/mol. The lowest BCUT2D eigenvalue weighted by molar-refractivity contribution is -0.143. The van der Waals surface area contributed by atoms with Gasteiger partial charge in [0.05, 0.1) is 0 Å². The first-order chi connectivity index (χ1) is 13.1. The van der Waals surface area contributed by atoms with Gasteiger partial charge in [-0.05, 0) is 36.6 Å². The monoisotopic (exact) mass is 387 g/mol. The summed E-state index contributed by atoms with van der Waals surface area (Å²) in [7, 11) is 4.03. The summed E-state index contributed by atoms with van der Waals surface area (Å²) < 4.78 is 0. The van der Waals surface area contributed by atoms with E-state index in [1.54, 1.807) is 0 Å². The lowest BCUT2D eigenvalue weighted by Crippen LogP contribution is -2.46. The maximum Gasteiger partial charge on any atom is 0.228 e. The lowest BCUT2D eigenvalue weighted by atomic mass is 9.89. The standard InChI is InChI=1S/C23H37N3O2/c1-7-21(27)24-18-13-14-20(25(5)6)17(15-18)16-26(22(28)23(2,3)4)19-11-9-8-10-12-19/h13-15,19H,7-12,16H2,1-6H3,(H,24,27). The van der Waals surface area contributed by atoms with Crippen LogP contribution in [0.2, 0.25) is 0 Å². The fourth-order valence-corrected chi connectivity index (χ4v) is 3.85. The summed E-state index contributed by atoms with van der Waals surface area (Å²) in [6, 6.07) is 6.28. The Balaban J connectivity index is 2.38. The fourth-order valence-electron chi connectivity index (χ4n) is 3.85. The lowest BCUT2D eigenvalue weighted by Gasteiger charge is -2.39. The Morgan fingerprint density at radius 2 is 1.75 bits per heavy atom. The summed E-state index contributed by atoms with van der Waals surface area (Å²) in [5.74, 6) is 0.200. The van der Waals surface area contributed by atoms with E-state index in [0.717, 1.165) is 29.8 Å². The predicted octanol–water partition coefficient (Wildman–Crippen LogP) is 4.81. The molecule has 1 aliphatic carbocycles. The number of anilines is 2. The Bertz CT molecular complexity index is 686. The van der Waals surface area contributed by atoms with Crippen LogP contribution in [0.25, 0.3) is 0 Å². The van der Waals surface area contributed by atoms with E-state index in [1.807, 2.05) is 60.0 Å². The maximum atomic E-state index is 13.3. The van der Waals surface area contributed by atoms with Crippen LogP contribution in [-0.2, 0) is 16.1 Å². The van der Waals surface area contributed by atoms with Crippen LogP contribution < -0.4 is 10.2 Å². The Morgan fingerprint density at radius 1 is 1.11 bits per heavy atom. The first-order valence-electron chi connectivity index (χ1n) is 10.5. The highest BCUT2D eigenvalue weighted by Gasteiger charge is 2.33. The molecule has 1 fully saturated rings. The van der Waals surface area contributed by atoms with Gasteiger partial charge in [0.1, 0.15) is 0 Å². The molecule has 0 aromatic heterocycles. The molecule has 1 aromatic rings. The van der Waals surface area contributed by atoms with Gasteiger partial charge in [-0.15, -0.1) is 0 Å². The third-order valence-electron chi connectivity index (χ3n) is 5.42. The molecule has 156 valence electrons. The molecule has 0 saturated heterocycles. The van der Waals surface area contributed by atoms with Crippen LogP contribution in [0.4, 0.5) is 11.4 Å². The van der Waals surface area contributed by atoms with Crippen molar-refractivity contribution in [1.82, 2.24) is 4.90 Å². The number of nitrogens with one attached hydrogen (secondary N) is 1. The van der Waals surface area contributed by atoms with Crippen LogP contribution in [0.3, 0.4) is 0 Å². The van der Waals surface area contributed by atoms with Gasteiger partial charge >= 0.3 is 0 Å². The van der Waals surface area contributed by atoms with Crippen molar-refractivity contribution in [3.05, 3.63) is 23.8 Å². The zero-order valence-electron chi connectivity index (χ0n) is 18.5. The number of amides is 2. The van der Waals surface area contributed by atoms with Crippen LogP contribution in [0.15, 0.2) is 18.2 Å². The second-order valence-corrected chi connectivity index (χ2v) is 9.11. The quantitative estimate of drug-likeness (QED) is 0.762. The number of hydrogen-bond acceptors (Lipinski definition) is 3. The van der Waals surface area contributed by atoms with Crippen LogP contribution in [0.1, 0.15) is 71.8 Å². The van der Waals surface area contributed by atoms with E-state index in [1.165, 1.54) is 19.3 Å². The van der Waals surface area contributed by atoms with E-state index in [4.69, 9.17) is 0 Å². The van der Waals surface area contributed by atoms with Crippen molar-refractivity contribution in [3.63, 3.8) is 0 Å². The maximum absolute atomic E-state index is 13.3.